The van der Waals surface area contributed by atoms with Crippen LogP contribution in [0.25, 0.3) is 0 Å². The summed E-state index contributed by atoms with van der Waals surface area (Å²) in [4.78, 5) is 23.2. The molecule has 1 fully saturated rings. The van der Waals surface area contributed by atoms with Crippen molar-refractivity contribution in [2.45, 2.75) is 19.0 Å². The lowest BCUT2D eigenvalue weighted by Crippen LogP contribution is -2.59. The summed E-state index contributed by atoms with van der Waals surface area (Å²) in [5.41, 5.74) is 0.668. The standard InChI is InChI=1S/C11H12N2O5/c1-7-6-13(10(14)11(15,16)18-7)9-4-2-8(12-17)3-5-9/h2-5,7,15-16H,6H2,1H3. The first kappa shape index (κ1) is 12.6. The summed E-state index contributed by atoms with van der Waals surface area (Å²) in [6.45, 7) is 1.80. The van der Waals surface area contributed by atoms with Crippen molar-refractivity contribution in [3.05, 3.63) is 29.2 Å². The Kier molecular flexibility index (Phi) is 3.12. The van der Waals surface area contributed by atoms with E-state index in [0.717, 1.165) is 0 Å². The number of carbonyl (C=O) groups excluding carboxylic acids is 1. The van der Waals surface area contributed by atoms with E-state index in [-0.39, 0.29) is 12.2 Å². The van der Waals surface area contributed by atoms with Gasteiger partial charge in [-0.3, -0.25) is 4.79 Å². The molecule has 0 spiro atoms. The Balaban J connectivity index is 2.30. The molecule has 2 rings (SSSR count). The predicted molar refractivity (Wildman–Crippen MR) is 62.0 cm³/mol. The van der Waals surface area contributed by atoms with Crippen molar-refractivity contribution in [2.75, 3.05) is 11.4 Å². The molecule has 2 N–H and O–H groups in total. The Hall–Kier alpha value is -1.83. The number of nitroso groups, excluding NO2 is 1. The predicted octanol–water partition coefficient (Wildman–Crippen LogP) is 0.475. The SMILES string of the molecule is CC1CN(c2ccc(N=O)cc2)C(=O)C(O)(O)O1. The van der Waals surface area contributed by atoms with E-state index in [0.29, 0.717) is 5.69 Å². The minimum absolute atomic E-state index is 0.190. The maximum atomic E-state index is 11.8. The van der Waals surface area contributed by atoms with Crippen LogP contribution in [-0.2, 0) is 9.53 Å². The van der Waals surface area contributed by atoms with Gasteiger partial charge >= 0.3 is 11.9 Å². The van der Waals surface area contributed by atoms with Gasteiger partial charge < -0.3 is 19.8 Å². The smallest absolute Gasteiger partial charge is 0.336 e. The van der Waals surface area contributed by atoms with E-state index < -0.39 is 18.0 Å². The lowest BCUT2D eigenvalue weighted by molar-refractivity contribution is -0.331. The van der Waals surface area contributed by atoms with Gasteiger partial charge in [0.15, 0.2) is 0 Å². The zero-order valence-electron chi connectivity index (χ0n) is 9.61. The second-order valence-electron chi connectivity index (χ2n) is 4.06. The van der Waals surface area contributed by atoms with Crippen LogP contribution < -0.4 is 4.90 Å². The van der Waals surface area contributed by atoms with E-state index >= 15 is 0 Å². The molecule has 0 aliphatic carbocycles. The molecule has 0 bridgehead atoms. The molecule has 1 unspecified atom stereocenters. The molecule has 1 aliphatic rings. The fourth-order valence-electron chi connectivity index (χ4n) is 1.80. The number of rotatable bonds is 2. The molecule has 1 saturated heterocycles. The maximum Gasteiger partial charge on any atom is 0.363 e. The van der Waals surface area contributed by atoms with Crippen LogP contribution in [0.4, 0.5) is 11.4 Å². The van der Waals surface area contributed by atoms with Gasteiger partial charge in [-0.2, -0.15) is 0 Å². The first-order chi connectivity index (χ1) is 8.44. The van der Waals surface area contributed by atoms with Crippen LogP contribution in [0, 0.1) is 4.91 Å². The summed E-state index contributed by atoms with van der Waals surface area (Å²) in [5.74, 6) is -3.79. The summed E-state index contributed by atoms with van der Waals surface area (Å²) >= 11 is 0. The highest BCUT2D eigenvalue weighted by Crippen LogP contribution is 2.26. The number of nitrogens with zero attached hydrogens (tertiary/aromatic N) is 2. The third kappa shape index (κ3) is 2.23. The van der Waals surface area contributed by atoms with E-state index in [1.165, 1.54) is 29.2 Å². The average molecular weight is 252 g/mol. The average Bonchev–Trinajstić information content (AvgIpc) is 2.33. The Morgan fingerprint density at radius 3 is 2.56 bits per heavy atom. The molecule has 1 aromatic carbocycles. The van der Waals surface area contributed by atoms with Crippen LogP contribution in [0.2, 0.25) is 0 Å². The minimum atomic E-state index is -2.82. The number of aliphatic hydroxyl groups is 2. The molecule has 1 heterocycles. The number of hydrogen-bond acceptors (Lipinski definition) is 6. The fraction of sp³-hybridized carbons (Fsp3) is 0.364. The topological polar surface area (TPSA) is 99.4 Å². The molecule has 1 aromatic rings. The quantitative estimate of drug-likeness (QED) is 0.589. The number of benzene rings is 1. The molecule has 0 aromatic heterocycles. The van der Waals surface area contributed by atoms with Crippen LogP contribution in [0.15, 0.2) is 29.4 Å². The van der Waals surface area contributed by atoms with Gasteiger partial charge in [0, 0.05) is 5.69 Å². The highest BCUT2D eigenvalue weighted by molar-refractivity contribution is 5.98. The largest absolute Gasteiger partial charge is 0.363 e. The van der Waals surface area contributed by atoms with Crippen LogP contribution in [-0.4, -0.2) is 34.7 Å². The molecule has 18 heavy (non-hydrogen) atoms. The first-order valence-electron chi connectivity index (χ1n) is 5.32. The molecule has 7 heteroatoms. The molecule has 1 aliphatic heterocycles. The monoisotopic (exact) mass is 252 g/mol. The molecule has 1 atom stereocenters. The second-order valence-corrected chi connectivity index (χ2v) is 4.06. The zero-order chi connectivity index (χ0) is 13.3. The third-order valence-corrected chi connectivity index (χ3v) is 2.60. The van der Waals surface area contributed by atoms with Crippen molar-refractivity contribution in [3.8, 4) is 0 Å². The zero-order valence-corrected chi connectivity index (χ0v) is 9.61. The molecular weight excluding hydrogens is 240 g/mol. The van der Waals surface area contributed by atoms with Crippen molar-refractivity contribution in [2.24, 2.45) is 5.18 Å². The molecule has 7 nitrogen and oxygen atoms in total. The van der Waals surface area contributed by atoms with E-state index in [1.54, 1.807) is 6.92 Å². The van der Waals surface area contributed by atoms with Crippen LogP contribution in [0.5, 0.6) is 0 Å². The number of morpholine rings is 1. The lowest BCUT2D eigenvalue weighted by Gasteiger charge is -2.37. The van der Waals surface area contributed by atoms with Gasteiger partial charge in [0.05, 0.1) is 12.6 Å². The van der Waals surface area contributed by atoms with Crippen molar-refractivity contribution in [3.63, 3.8) is 0 Å². The Bertz CT molecular complexity index is 471. The molecule has 0 saturated carbocycles. The third-order valence-electron chi connectivity index (χ3n) is 2.60. The normalized spacial score (nSPS) is 22.9. The number of amides is 1. The molecule has 96 valence electrons. The highest BCUT2D eigenvalue weighted by Gasteiger charge is 2.45. The molecular formula is C11H12N2O5. The van der Waals surface area contributed by atoms with E-state index in [2.05, 4.69) is 5.18 Å². The Morgan fingerprint density at radius 2 is 2.00 bits per heavy atom. The summed E-state index contributed by atoms with van der Waals surface area (Å²) in [5, 5.41) is 21.6. The van der Waals surface area contributed by atoms with Gasteiger partial charge in [0.25, 0.3) is 0 Å². The summed E-state index contributed by atoms with van der Waals surface area (Å²) < 4.78 is 4.73. The van der Waals surface area contributed by atoms with Crippen molar-refractivity contribution >= 4 is 17.3 Å². The lowest BCUT2D eigenvalue weighted by atomic mass is 10.2. The number of carbonyl (C=O) groups is 1. The first-order valence-corrected chi connectivity index (χ1v) is 5.32. The molecule has 1 amide bonds. The van der Waals surface area contributed by atoms with Gasteiger partial charge in [0.2, 0.25) is 0 Å². The summed E-state index contributed by atoms with van der Waals surface area (Å²) in [6.07, 6.45) is -0.526. The summed E-state index contributed by atoms with van der Waals surface area (Å²) in [6, 6.07) is 5.88. The van der Waals surface area contributed by atoms with Gasteiger partial charge in [0.1, 0.15) is 5.69 Å². The number of anilines is 1. The second kappa shape index (κ2) is 4.45. The summed E-state index contributed by atoms with van der Waals surface area (Å²) in [7, 11) is 0. The van der Waals surface area contributed by atoms with Crippen molar-refractivity contribution in [1.82, 2.24) is 0 Å². The van der Waals surface area contributed by atoms with E-state index in [1.807, 2.05) is 0 Å². The fourth-order valence-corrected chi connectivity index (χ4v) is 1.80. The van der Waals surface area contributed by atoms with Crippen LogP contribution >= 0.6 is 0 Å². The van der Waals surface area contributed by atoms with Gasteiger partial charge in [-0.05, 0) is 36.4 Å². The minimum Gasteiger partial charge on any atom is -0.336 e. The Labute approximate surface area is 103 Å². The van der Waals surface area contributed by atoms with E-state index in [4.69, 9.17) is 4.74 Å². The van der Waals surface area contributed by atoms with E-state index in [9.17, 15) is 19.9 Å². The number of ether oxygens (including phenoxy) is 1. The number of hydrogen-bond donors (Lipinski definition) is 2. The molecule has 0 radical (unpaired) electrons. The van der Waals surface area contributed by atoms with Gasteiger partial charge in [-0.15, -0.1) is 4.91 Å². The Morgan fingerprint density at radius 1 is 1.39 bits per heavy atom. The van der Waals surface area contributed by atoms with Crippen molar-refractivity contribution < 1.29 is 19.7 Å². The maximum absolute atomic E-state index is 11.8. The highest BCUT2D eigenvalue weighted by atomic mass is 16.8. The van der Waals surface area contributed by atoms with Gasteiger partial charge in [-0.25, -0.2) is 0 Å². The van der Waals surface area contributed by atoms with Crippen LogP contribution in [0.1, 0.15) is 6.92 Å². The van der Waals surface area contributed by atoms with Gasteiger partial charge in [-0.1, -0.05) is 0 Å². The van der Waals surface area contributed by atoms with Crippen molar-refractivity contribution in [1.29, 1.82) is 0 Å². The van der Waals surface area contributed by atoms with Crippen LogP contribution in [0.3, 0.4) is 0 Å².